The molecule has 0 aliphatic rings. The average Bonchev–Trinajstić information content (AvgIpc) is 2.66. The first kappa shape index (κ1) is 12.9. The van der Waals surface area contributed by atoms with Crippen LogP contribution in [0.4, 0.5) is 5.69 Å². The maximum atomic E-state index is 11.2. The highest BCUT2D eigenvalue weighted by atomic mass is 32.2. The molecule has 18 heavy (non-hydrogen) atoms. The lowest BCUT2D eigenvalue weighted by Gasteiger charge is -2.05. The lowest BCUT2D eigenvalue weighted by Crippen LogP contribution is -2.12. The predicted octanol–water partition coefficient (Wildman–Crippen LogP) is 1.36. The number of aromatic nitrogens is 1. The van der Waals surface area contributed by atoms with E-state index < -0.39 is 10.0 Å². The smallest absolute Gasteiger partial charge is 0.260 e. The maximum absolute atomic E-state index is 11.2. The Morgan fingerprint density at radius 3 is 2.67 bits per heavy atom. The van der Waals surface area contributed by atoms with E-state index in [1.807, 2.05) is 0 Å². The van der Waals surface area contributed by atoms with Crippen LogP contribution in [0.1, 0.15) is 5.69 Å². The van der Waals surface area contributed by atoms with Crippen LogP contribution in [0.3, 0.4) is 0 Å². The van der Waals surface area contributed by atoms with Crippen molar-refractivity contribution in [1.82, 2.24) is 4.98 Å². The summed E-state index contributed by atoms with van der Waals surface area (Å²) in [5, 5.41) is 5.45. The van der Waals surface area contributed by atoms with Crippen molar-refractivity contribution in [1.29, 1.82) is 0 Å². The minimum atomic E-state index is -3.75. The number of nitrogens with zero attached hydrogens (tertiary/aromatic N) is 1. The lowest BCUT2D eigenvalue weighted by molar-refractivity contribution is 0.454. The molecule has 0 aliphatic carbocycles. The molecule has 0 bridgehead atoms. The van der Waals surface area contributed by atoms with Gasteiger partial charge in [0.15, 0.2) is 0 Å². The molecule has 1 aromatic heterocycles. The van der Waals surface area contributed by atoms with Crippen LogP contribution in [-0.4, -0.2) is 13.4 Å². The van der Waals surface area contributed by atoms with Gasteiger partial charge in [0.1, 0.15) is 6.26 Å². The van der Waals surface area contributed by atoms with E-state index in [0.717, 1.165) is 17.5 Å². The van der Waals surface area contributed by atoms with Gasteiger partial charge in [0.2, 0.25) is 10.0 Å². The number of primary sulfonamides is 1. The zero-order chi connectivity index (χ0) is 13.3. The maximum Gasteiger partial charge on any atom is 0.260 e. The standard InChI is InChI=1S/C10H11N3O3S2/c1-6-5-16-10(13-6)17-9-4-7(18(12,14)15)2-3-8(9)11/h2-5H,11H2,1H3,(H2,12,14,15). The number of oxazole rings is 1. The van der Waals surface area contributed by atoms with Gasteiger partial charge in [0.25, 0.3) is 5.22 Å². The summed E-state index contributed by atoms with van der Waals surface area (Å²) in [5.41, 5.74) is 6.93. The summed E-state index contributed by atoms with van der Waals surface area (Å²) in [7, 11) is -3.75. The third kappa shape index (κ3) is 2.84. The first-order valence-corrected chi connectivity index (χ1v) is 7.25. The number of nitrogens with two attached hydrogens (primary N) is 2. The van der Waals surface area contributed by atoms with Gasteiger partial charge in [-0.3, -0.25) is 0 Å². The number of hydrogen-bond donors (Lipinski definition) is 2. The van der Waals surface area contributed by atoms with Gasteiger partial charge in [-0.1, -0.05) is 0 Å². The highest BCUT2D eigenvalue weighted by Gasteiger charge is 2.13. The zero-order valence-electron chi connectivity index (χ0n) is 9.45. The molecule has 0 unspecified atom stereocenters. The monoisotopic (exact) mass is 285 g/mol. The first-order chi connectivity index (χ1) is 8.36. The molecule has 0 fully saturated rings. The number of aryl methyl sites for hydroxylation is 1. The summed E-state index contributed by atoms with van der Waals surface area (Å²) < 4.78 is 27.6. The molecule has 1 heterocycles. The van der Waals surface area contributed by atoms with Crippen LogP contribution in [-0.2, 0) is 10.0 Å². The summed E-state index contributed by atoms with van der Waals surface area (Å²) in [6.45, 7) is 1.79. The van der Waals surface area contributed by atoms with Crippen molar-refractivity contribution in [3.05, 3.63) is 30.2 Å². The minimum absolute atomic E-state index is 0.00229. The van der Waals surface area contributed by atoms with Crippen LogP contribution in [0.25, 0.3) is 0 Å². The second kappa shape index (κ2) is 4.63. The molecule has 1 aromatic carbocycles. The van der Waals surface area contributed by atoms with E-state index in [2.05, 4.69) is 4.98 Å². The highest BCUT2D eigenvalue weighted by Crippen LogP contribution is 2.32. The van der Waals surface area contributed by atoms with E-state index in [-0.39, 0.29) is 4.90 Å². The van der Waals surface area contributed by atoms with Crippen molar-refractivity contribution < 1.29 is 12.8 Å². The molecule has 0 radical (unpaired) electrons. The van der Waals surface area contributed by atoms with E-state index in [1.54, 1.807) is 6.92 Å². The van der Waals surface area contributed by atoms with Gasteiger partial charge in [-0.25, -0.2) is 18.5 Å². The number of anilines is 1. The van der Waals surface area contributed by atoms with Gasteiger partial charge < -0.3 is 10.2 Å². The highest BCUT2D eigenvalue weighted by molar-refractivity contribution is 7.99. The van der Waals surface area contributed by atoms with Crippen LogP contribution >= 0.6 is 11.8 Å². The fourth-order valence-electron chi connectivity index (χ4n) is 1.25. The SMILES string of the molecule is Cc1coc(Sc2cc(S(N)(=O)=O)ccc2N)n1. The summed E-state index contributed by atoms with van der Waals surface area (Å²) in [5.74, 6) is 0. The van der Waals surface area contributed by atoms with E-state index in [0.29, 0.717) is 15.8 Å². The van der Waals surface area contributed by atoms with Crippen LogP contribution in [0.2, 0.25) is 0 Å². The second-order valence-corrected chi connectivity index (χ2v) is 6.16. The number of hydrogen-bond acceptors (Lipinski definition) is 6. The Morgan fingerprint density at radius 1 is 1.39 bits per heavy atom. The third-order valence-electron chi connectivity index (χ3n) is 2.11. The fourth-order valence-corrected chi connectivity index (χ4v) is 2.71. The van der Waals surface area contributed by atoms with E-state index in [1.165, 1.54) is 24.5 Å². The Kier molecular flexibility index (Phi) is 3.33. The number of sulfonamides is 1. The van der Waals surface area contributed by atoms with Crippen molar-refractivity contribution in [2.75, 3.05) is 5.73 Å². The summed E-state index contributed by atoms with van der Waals surface area (Å²) in [6.07, 6.45) is 1.50. The predicted molar refractivity (Wildman–Crippen MR) is 67.6 cm³/mol. The summed E-state index contributed by atoms with van der Waals surface area (Å²) in [6, 6.07) is 4.24. The normalized spacial score (nSPS) is 11.7. The molecular weight excluding hydrogens is 274 g/mol. The Morgan fingerprint density at radius 2 is 2.11 bits per heavy atom. The molecule has 96 valence electrons. The Bertz CT molecular complexity index is 679. The molecule has 6 nitrogen and oxygen atoms in total. The average molecular weight is 285 g/mol. The van der Waals surface area contributed by atoms with Crippen molar-refractivity contribution in [2.45, 2.75) is 21.9 Å². The van der Waals surface area contributed by atoms with Gasteiger partial charge in [0.05, 0.1) is 10.6 Å². The number of rotatable bonds is 3. The van der Waals surface area contributed by atoms with Crippen LogP contribution in [0, 0.1) is 6.92 Å². The Hall–Kier alpha value is -1.51. The molecule has 0 saturated carbocycles. The molecule has 2 rings (SSSR count). The second-order valence-electron chi connectivity index (χ2n) is 3.60. The van der Waals surface area contributed by atoms with Gasteiger partial charge >= 0.3 is 0 Å². The van der Waals surface area contributed by atoms with E-state index in [4.69, 9.17) is 15.3 Å². The number of benzene rings is 1. The zero-order valence-corrected chi connectivity index (χ0v) is 11.1. The van der Waals surface area contributed by atoms with Crippen LogP contribution in [0.15, 0.2) is 43.9 Å². The van der Waals surface area contributed by atoms with Gasteiger partial charge in [-0.15, -0.1) is 0 Å². The van der Waals surface area contributed by atoms with Crippen LogP contribution in [0.5, 0.6) is 0 Å². The van der Waals surface area contributed by atoms with Crippen LogP contribution < -0.4 is 10.9 Å². The molecule has 0 spiro atoms. The minimum Gasteiger partial charge on any atom is -0.439 e. The van der Waals surface area contributed by atoms with Crippen molar-refractivity contribution in [3.8, 4) is 0 Å². The van der Waals surface area contributed by atoms with Crippen molar-refractivity contribution >= 4 is 27.5 Å². The Balaban J connectivity index is 2.38. The van der Waals surface area contributed by atoms with Gasteiger partial charge in [0, 0.05) is 10.6 Å². The lowest BCUT2D eigenvalue weighted by atomic mass is 10.3. The molecule has 8 heteroatoms. The van der Waals surface area contributed by atoms with E-state index >= 15 is 0 Å². The third-order valence-corrected chi connectivity index (χ3v) is 3.96. The summed E-state index contributed by atoms with van der Waals surface area (Å²) in [4.78, 5) is 4.63. The van der Waals surface area contributed by atoms with Crippen molar-refractivity contribution in [2.24, 2.45) is 5.14 Å². The Labute approximate surface area is 108 Å². The van der Waals surface area contributed by atoms with Gasteiger partial charge in [-0.2, -0.15) is 0 Å². The van der Waals surface area contributed by atoms with E-state index in [9.17, 15) is 8.42 Å². The molecule has 0 aliphatic heterocycles. The largest absolute Gasteiger partial charge is 0.439 e. The first-order valence-electron chi connectivity index (χ1n) is 4.88. The number of nitrogen functional groups attached to an aromatic ring is 1. The van der Waals surface area contributed by atoms with Gasteiger partial charge in [-0.05, 0) is 36.9 Å². The van der Waals surface area contributed by atoms with Crippen molar-refractivity contribution in [3.63, 3.8) is 0 Å². The quantitative estimate of drug-likeness (QED) is 0.823. The fraction of sp³-hybridized carbons (Fsp3) is 0.100. The molecule has 0 atom stereocenters. The molecule has 0 saturated heterocycles. The molecule has 4 N–H and O–H groups in total. The summed E-state index contributed by atoms with van der Waals surface area (Å²) >= 11 is 1.14. The molecule has 2 aromatic rings. The molecule has 0 amide bonds. The topological polar surface area (TPSA) is 112 Å². The molecular formula is C10H11N3O3S2.